The molecule has 2 aliphatic rings. The highest BCUT2D eigenvalue weighted by Crippen LogP contribution is 2.38. The summed E-state index contributed by atoms with van der Waals surface area (Å²) in [7, 11) is 3.67. The summed E-state index contributed by atoms with van der Waals surface area (Å²) in [5.74, 6) is 1.17. The Morgan fingerprint density at radius 1 is 1.11 bits per heavy atom. The molecule has 0 spiro atoms. The van der Waals surface area contributed by atoms with Crippen LogP contribution in [-0.2, 0) is 11.2 Å². The molecule has 1 amide bonds. The zero-order valence-electron chi connectivity index (χ0n) is 21.6. The Bertz CT molecular complexity index is 966. The number of amides is 1. The van der Waals surface area contributed by atoms with Gasteiger partial charge in [-0.2, -0.15) is 0 Å². The Balaban J connectivity index is 1.45. The zero-order chi connectivity index (χ0) is 24.8. The minimum atomic E-state index is -0.233. The van der Waals surface area contributed by atoms with E-state index >= 15 is 0 Å². The minimum absolute atomic E-state index is 0.129. The summed E-state index contributed by atoms with van der Waals surface area (Å²) in [5, 5.41) is 0. The first kappa shape index (κ1) is 25.7. The van der Waals surface area contributed by atoms with Gasteiger partial charge < -0.3 is 14.5 Å². The second-order valence-corrected chi connectivity index (χ2v) is 10.8. The first-order valence-electron chi connectivity index (χ1n) is 13.3. The molecule has 1 aliphatic carbocycles. The van der Waals surface area contributed by atoms with Crippen molar-refractivity contribution in [2.75, 3.05) is 33.8 Å². The van der Waals surface area contributed by atoms with Gasteiger partial charge in [0.2, 0.25) is 5.91 Å². The monoisotopic (exact) mass is 480 g/mol. The van der Waals surface area contributed by atoms with E-state index < -0.39 is 0 Å². The molecule has 0 radical (unpaired) electrons. The molecule has 4 rings (SSSR count). The van der Waals surface area contributed by atoms with Crippen molar-refractivity contribution in [2.45, 2.75) is 70.3 Å². The summed E-state index contributed by atoms with van der Waals surface area (Å²) in [6, 6.07) is 15.5. The van der Waals surface area contributed by atoms with Gasteiger partial charge in [0.1, 0.15) is 11.6 Å². The predicted octanol–water partition coefficient (Wildman–Crippen LogP) is 6.05. The third-order valence-corrected chi connectivity index (χ3v) is 8.34. The first-order chi connectivity index (χ1) is 16.9. The lowest BCUT2D eigenvalue weighted by atomic mass is 9.74. The lowest BCUT2D eigenvalue weighted by Gasteiger charge is -2.41. The zero-order valence-corrected chi connectivity index (χ0v) is 21.6. The number of hydrogen-bond acceptors (Lipinski definition) is 3. The van der Waals surface area contributed by atoms with Crippen LogP contribution in [0.4, 0.5) is 4.39 Å². The molecular weight excluding hydrogens is 439 g/mol. The second-order valence-electron chi connectivity index (χ2n) is 10.8. The van der Waals surface area contributed by atoms with Crippen LogP contribution in [0.15, 0.2) is 48.5 Å². The number of rotatable bonds is 8. The van der Waals surface area contributed by atoms with Gasteiger partial charge in [0.25, 0.3) is 0 Å². The molecule has 1 atom stereocenters. The van der Waals surface area contributed by atoms with Crippen LogP contribution >= 0.6 is 0 Å². The van der Waals surface area contributed by atoms with E-state index in [9.17, 15) is 9.18 Å². The van der Waals surface area contributed by atoms with Crippen molar-refractivity contribution in [1.82, 2.24) is 9.80 Å². The van der Waals surface area contributed by atoms with Crippen LogP contribution < -0.4 is 4.74 Å². The number of piperidine rings is 1. The van der Waals surface area contributed by atoms with Crippen molar-refractivity contribution >= 4 is 5.91 Å². The largest absolute Gasteiger partial charge is 0.496 e. The third kappa shape index (κ3) is 6.24. The predicted molar refractivity (Wildman–Crippen MR) is 139 cm³/mol. The maximum atomic E-state index is 13.9. The number of benzene rings is 2. The fraction of sp³-hybridized carbons (Fsp3) is 0.567. The highest BCUT2D eigenvalue weighted by Gasteiger charge is 2.39. The molecule has 1 saturated heterocycles. The van der Waals surface area contributed by atoms with Gasteiger partial charge in [0.15, 0.2) is 0 Å². The van der Waals surface area contributed by atoms with Crippen molar-refractivity contribution in [1.29, 1.82) is 0 Å². The van der Waals surface area contributed by atoms with E-state index in [-0.39, 0.29) is 17.3 Å². The molecule has 5 heteroatoms. The maximum Gasteiger partial charge on any atom is 0.228 e. The summed E-state index contributed by atoms with van der Waals surface area (Å²) in [5.41, 5.74) is 2.01. The number of nitrogens with zero attached hydrogens (tertiary/aromatic N) is 2. The third-order valence-electron chi connectivity index (χ3n) is 8.34. The number of methoxy groups -OCH3 is 1. The van der Waals surface area contributed by atoms with E-state index in [0.29, 0.717) is 11.8 Å². The molecule has 0 aromatic heterocycles. The standard InChI is InChI=1S/C30H41FN2O2/c1-30(16-8-5-9-17-30)29(34)32(2)26(20-23-10-6-4-7-11-23)22-33-18-14-24(15-19-33)27-21-25(31)12-13-28(27)35-3/h4,6-7,10-13,21,24,26H,5,8-9,14-20,22H2,1-3H3/t26-/m1/s1. The normalized spacial score (nSPS) is 19.8. The molecule has 1 aliphatic heterocycles. The van der Waals surface area contributed by atoms with Crippen LogP contribution in [0.3, 0.4) is 0 Å². The van der Waals surface area contributed by atoms with E-state index in [1.807, 2.05) is 13.1 Å². The van der Waals surface area contributed by atoms with E-state index in [4.69, 9.17) is 4.74 Å². The van der Waals surface area contributed by atoms with Gasteiger partial charge in [-0.25, -0.2) is 4.39 Å². The molecule has 1 heterocycles. The Hall–Kier alpha value is -2.40. The van der Waals surface area contributed by atoms with Gasteiger partial charge in [-0.3, -0.25) is 4.79 Å². The number of ether oxygens (including phenoxy) is 1. The lowest BCUT2D eigenvalue weighted by molar-refractivity contribution is -0.144. The average molecular weight is 481 g/mol. The van der Waals surface area contributed by atoms with Gasteiger partial charge in [-0.05, 0) is 74.9 Å². The van der Waals surface area contributed by atoms with Crippen LogP contribution in [-0.4, -0.2) is 55.5 Å². The fourth-order valence-electron chi connectivity index (χ4n) is 6.10. The fourth-order valence-corrected chi connectivity index (χ4v) is 6.10. The molecule has 2 fully saturated rings. The van der Waals surface area contributed by atoms with Gasteiger partial charge >= 0.3 is 0 Å². The van der Waals surface area contributed by atoms with Crippen molar-refractivity contribution in [2.24, 2.45) is 5.41 Å². The topological polar surface area (TPSA) is 32.8 Å². The molecule has 0 unspecified atom stereocenters. The van der Waals surface area contributed by atoms with Crippen molar-refractivity contribution in [3.05, 3.63) is 65.5 Å². The number of halogens is 1. The average Bonchev–Trinajstić information content (AvgIpc) is 2.89. The first-order valence-corrected chi connectivity index (χ1v) is 13.3. The maximum absolute atomic E-state index is 13.9. The SMILES string of the molecule is COc1ccc(F)cc1C1CCN(C[C@@H](Cc2ccccc2)N(C)C(=O)C2(C)CCCCC2)CC1. The van der Waals surface area contributed by atoms with Crippen molar-refractivity contribution < 1.29 is 13.9 Å². The van der Waals surface area contributed by atoms with E-state index in [0.717, 1.165) is 75.9 Å². The van der Waals surface area contributed by atoms with E-state index in [1.54, 1.807) is 19.2 Å². The Kier molecular flexibility index (Phi) is 8.48. The van der Waals surface area contributed by atoms with Crippen LogP contribution in [0.5, 0.6) is 5.75 Å². The van der Waals surface area contributed by atoms with Crippen LogP contribution in [0, 0.1) is 11.2 Å². The number of hydrogen-bond donors (Lipinski definition) is 0. The van der Waals surface area contributed by atoms with Crippen LogP contribution in [0.25, 0.3) is 0 Å². The van der Waals surface area contributed by atoms with E-state index in [2.05, 4.69) is 41.0 Å². The van der Waals surface area contributed by atoms with E-state index in [1.165, 1.54) is 18.1 Å². The summed E-state index contributed by atoms with van der Waals surface area (Å²) in [6.45, 7) is 4.91. The lowest BCUT2D eigenvalue weighted by Crippen LogP contribution is -2.52. The van der Waals surface area contributed by atoms with Crippen LogP contribution in [0.2, 0.25) is 0 Å². The highest BCUT2D eigenvalue weighted by molar-refractivity contribution is 5.82. The summed E-state index contributed by atoms with van der Waals surface area (Å²) >= 11 is 0. The number of likely N-dealkylation sites (tertiary alicyclic amines) is 1. The molecule has 35 heavy (non-hydrogen) atoms. The Labute approximate surface area is 210 Å². The van der Waals surface area contributed by atoms with Gasteiger partial charge in [0, 0.05) is 30.6 Å². The Morgan fingerprint density at radius 2 is 1.80 bits per heavy atom. The molecular formula is C30H41FN2O2. The number of likely N-dealkylation sites (N-methyl/N-ethyl adjacent to an activating group) is 1. The van der Waals surface area contributed by atoms with Gasteiger partial charge in [-0.1, -0.05) is 56.5 Å². The summed E-state index contributed by atoms with van der Waals surface area (Å²) in [6.07, 6.45) is 8.32. The molecule has 2 aromatic rings. The summed E-state index contributed by atoms with van der Waals surface area (Å²) in [4.78, 5) is 18.2. The summed E-state index contributed by atoms with van der Waals surface area (Å²) < 4.78 is 19.5. The highest BCUT2D eigenvalue weighted by atomic mass is 19.1. The van der Waals surface area contributed by atoms with Crippen LogP contribution in [0.1, 0.15) is 68.9 Å². The molecule has 1 saturated carbocycles. The number of carbonyl (C=O) groups is 1. The molecule has 4 nitrogen and oxygen atoms in total. The quantitative estimate of drug-likeness (QED) is 0.461. The van der Waals surface area contributed by atoms with Crippen molar-refractivity contribution in [3.63, 3.8) is 0 Å². The minimum Gasteiger partial charge on any atom is -0.496 e. The van der Waals surface area contributed by atoms with Gasteiger partial charge in [-0.15, -0.1) is 0 Å². The van der Waals surface area contributed by atoms with Crippen molar-refractivity contribution in [3.8, 4) is 5.75 Å². The number of carbonyl (C=O) groups excluding carboxylic acids is 1. The second kappa shape index (κ2) is 11.6. The Morgan fingerprint density at radius 3 is 2.46 bits per heavy atom. The molecule has 0 bridgehead atoms. The molecule has 0 N–H and O–H groups in total. The smallest absolute Gasteiger partial charge is 0.228 e. The molecule has 2 aromatic carbocycles. The van der Waals surface area contributed by atoms with Gasteiger partial charge in [0.05, 0.1) is 7.11 Å². The molecule has 190 valence electrons.